The molecular weight excluding hydrogens is 312 g/mol. The molecule has 0 spiro atoms. The van der Waals surface area contributed by atoms with Crippen molar-refractivity contribution in [2.24, 2.45) is 4.99 Å². The Labute approximate surface area is 128 Å². The topological polar surface area (TPSA) is 47.9 Å². The lowest BCUT2D eigenvalue weighted by atomic mass is 10.2. The van der Waals surface area contributed by atoms with Crippen molar-refractivity contribution in [2.75, 3.05) is 0 Å². The normalized spacial score (nSPS) is 16.0. The second-order valence-electron chi connectivity index (χ2n) is 4.30. The minimum Gasteiger partial charge on any atom is -0.435 e. The van der Waals surface area contributed by atoms with Crippen LogP contribution in [0.1, 0.15) is 11.1 Å². The minimum absolute atomic E-state index is 0.0257. The molecule has 0 amide bonds. The third-order valence-electron chi connectivity index (χ3n) is 2.79. The Kier molecular flexibility index (Phi) is 3.97. The molecule has 1 aliphatic rings. The summed E-state index contributed by atoms with van der Waals surface area (Å²) < 4.78 is 33.5. The fourth-order valence-electron chi connectivity index (χ4n) is 1.83. The van der Waals surface area contributed by atoms with Gasteiger partial charge in [-0.05, 0) is 52.7 Å². The number of cyclic esters (lactones) is 1. The van der Waals surface area contributed by atoms with Crippen molar-refractivity contribution in [1.29, 1.82) is 0 Å². The zero-order chi connectivity index (χ0) is 15.5. The van der Waals surface area contributed by atoms with Gasteiger partial charge in [-0.25, -0.2) is 9.79 Å². The first-order valence-electron chi connectivity index (χ1n) is 6.22. The average Bonchev–Trinajstić information content (AvgIpc) is 3.10. The van der Waals surface area contributed by atoms with E-state index in [9.17, 15) is 13.6 Å². The number of benzene rings is 1. The second kappa shape index (κ2) is 6.07. The monoisotopic (exact) mass is 321 g/mol. The van der Waals surface area contributed by atoms with Crippen LogP contribution in [0.15, 0.2) is 51.8 Å². The Hall–Kier alpha value is -2.54. The van der Waals surface area contributed by atoms with Crippen LogP contribution in [0, 0.1) is 0 Å². The van der Waals surface area contributed by atoms with E-state index in [0.29, 0.717) is 5.56 Å². The molecule has 0 saturated carbocycles. The van der Waals surface area contributed by atoms with Gasteiger partial charge in [0.15, 0.2) is 5.70 Å². The summed E-state index contributed by atoms with van der Waals surface area (Å²) in [4.78, 5) is 15.9. The summed E-state index contributed by atoms with van der Waals surface area (Å²) in [5, 5.41) is 3.77. The molecule has 2 aromatic rings. The molecule has 0 bridgehead atoms. The van der Waals surface area contributed by atoms with Crippen LogP contribution in [0.3, 0.4) is 0 Å². The molecular formula is C15H9F2NO3S. The van der Waals surface area contributed by atoms with E-state index in [-0.39, 0.29) is 17.3 Å². The van der Waals surface area contributed by atoms with Crippen LogP contribution < -0.4 is 4.74 Å². The van der Waals surface area contributed by atoms with Gasteiger partial charge in [0.2, 0.25) is 5.90 Å². The SMILES string of the molecule is O=C1OC(c2ccc(OC(F)F)cc2)=N/C1=C\c1ccsc1. The number of nitrogens with zero attached hydrogens (tertiary/aromatic N) is 1. The average molecular weight is 321 g/mol. The third kappa shape index (κ3) is 3.20. The van der Waals surface area contributed by atoms with Crippen molar-refractivity contribution in [3.05, 3.63) is 57.9 Å². The van der Waals surface area contributed by atoms with Crippen LogP contribution in [0.5, 0.6) is 5.75 Å². The molecule has 0 saturated heterocycles. The molecule has 3 rings (SSSR count). The van der Waals surface area contributed by atoms with Crippen molar-refractivity contribution in [1.82, 2.24) is 0 Å². The summed E-state index contributed by atoms with van der Waals surface area (Å²) in [6, 6.07) is 7.57. The van der Waals surface area contributed by atoms with E-state index < -0.39 is 12.6 Å². The standard InChI is InChI=1S/C15H9F2NO3S/c16-15(17)20-11-3-1-10(2-4-11)13-18-12(14(19)21-13)7-9-5-6-22-8-9/h1-8,15H/b12-7-. The van der Waals surface area contributed by atoms with Crippen LogP contribution in [0.4, 0.5) is 8.78 Å². The third-order valence-corrected chi connectivity index (χ3v) is 3.49. The highest BCUT2D eigenvalue weighted by Gasteiger charge is 2.24. The largest absolute Gasteiger partial charge is 0.435 e. The van der Waals surface area contributed by atoms with E-state index in [4.69, 9.17) is 4.74 Å². The van der Waals surface area contributed by atoms with Gasteiger partial charge in [0.1, 0.15) is 5.75 Å². The maximum atomic E-state index is 12.1. The summed E-state index contributed by atoms with van der Waals surface area (Å²) in [6.07, 6.45) is 1.63. The van der Waals surface area contributed by atoms with Gasteiger partial charge in [0.25, 0.3) is 0 Å². The molecule has 0 aliphatic carbocycles. The van der Waals surface area contributed by atoms with Crippen molar-refractivity contribution < 1.29 is 23.0 Å². The summed E-state index contributed by atoms with van der Waals surface area (Å²) >= 11 is 1.51. The quantitative estimate of drug-likeness (QED) is 0.637. The van der Waals surface area contributed by atoms with E-state index in [1.54, 1.807) is 6.08 Å². The molecule has 22 heavy (non-hydrogen) atoms. The van der Waals surface area contributed by atoms with Crippen LogP contribution in [-0.2, 0) is 9.53 Å². The smallest absolute Gasteiger partial charge is 0.387 e. The molecule has 0 fully saturated rings. The Morgan fingerprint density at radius 3 is 2.64 bits per heavy atom. The van der Waals surface area contributed by atoms with E-state index in [1.165, 1.54) is 35.6 Å². The van der Waals surface area contributed by atoms with Gasteiger partial charge in [0, 0.05) is 5.56 Å². The van der Waals surface area contributed by atoms with Gasteiger partial charge < -0.3 is 9.47 Å². The summed E-state index contributed by atoms with van der Waals surface area (Å²) in [5.41, 5.74) is 1.56. The number of rotatable bonds is 4. The first kappa shape index (κ1) is 14.4. The maximum absolute atomic E-state index is 12.1. The van der Waals surface area contributed by atoms with Crippen molar-refractivity contribution in [2.45, 2.75) is 6.61 Å². The summed E-state index contributed by atoms with van der Waals surface area (Å²) in [5.74, 6) is -0.387. The zero-order valence-electron chi connectivity index (χ0n) is 11.0. The molecule has 1 aromatic heterocycles. The number of esters is 1. The number of carbonyl (C=O) groups is 1. The second-order valence-corrected chi connectivity index (χ2v) is 5.08. The predicted octanol–water partition coefficient (Wildman–Crippen LogP) is 3.69. The highest BCUT2D eigenvalue weighted by Crippen LogP contribution is 2.22. The summed E-state index contributed by atoms with van der Waals surface area (Å²) in [6.45, 7) is -2.88. The number of carbonyl (C=O) groups excluding carboxylic acids is 1. The lowest BCUT2D eigenvalue weighted by Gasteiger charge is -2.04. The lowest BCUT2D eigenvalue weighted by Crippen LogP contribution is -2.06. The molecule has 2 heterocycles. The van der Waals surface area contributed by atoms with Gasteiger partial charge in [0.05, 0.1) is 0 Å². The van der Waals surface area contributed by atoms with E-state index in [2.05, 4.69) is 9.73 Å². The number of thiophene rings is 1. The Morgan fingerprint density at radius 1 is 1.23 bits per heavy atom. The fraction of sp³-hybridized carbons (Fsp3) is 0.0667. The van der Waals surface area contributed by atoms with Gasteiger partial charge >= 0.3 is 12.6 Å². The van der Waals surface area contributed by atoms with Gasteiger partial charge in [-0.3, -0.25) is 0 Å². The highest BCUT2D eigenvalue weighted by molar-refractivity contribution is 7.08. The molecule has 0 radical (unpaired) electrons. The Morgan fingerprint density at radius 2 is 2.00 bits per heavy atom. The van der Waals surface area contributed by atoms with Crippen LogP contribution in [-0.4, -0.2) is 18.5 Å². The Balaban J connectivity index is 1.82. The van der Waals surface area contributed by atoms with Crippen molar-refractivity contribution in [3.63, 3.8) is 0 Å². The van der Waals surface area contributed by atoms with Gasteiger partial charge in [-0.2, -0.15) is 20.1 Å². The lowest BCUT2D eigenvalue weighted by molar-refractivity contribution is -0.129. The molecule has 1 aliphatic heterocycles. The first-order valence-corrected chi connectivity index (χ1v) is 7.16. The van der Waals surface area contributed by atoms with Crippen molar-refractivity contribution >= 4 is 29.3 Å². The maximum Gasteiger partial charge on any atom is 0.387 e. The number of hydrogen-bond acceptors (Lipinski definition) is 5. The van der Waals surface area contributed by atoms with E-state index in [0.717, 1.165) is 5.56 Å². The highest BCUT2D eigenvalue weighted by atomic mass is 32.1. The summed E-state index contributed by atoms with van der Waals surface area (Å²) in [7, 11) is 0. The zero-order valence-corrected chi connectivity index (χ0v) is 11.8. The number of aliphatic imine (C=N–C) groups is 1. The van der Waals surface area contributed by atoms with Gasteiger partial charge in [-0.1, -0.05) is 0 Å². The molecule has 1 aromatic carbocycles. The van der Waals surface area contributed by atoms with Gasteiger partial charge in [-0.15, -0.1) is 0 Å². The first-order chi connectivity index (χ1) is 10.6. The molecule has 0 N–H and O–H groups in total. The molecule has 0 atom stereocenters. The number of ether oxygens (including phenoxy) is 2. The van der Waals surface area contributed by atoms with E-state index in [1.807, 2.05) is 16.8 Å². The van der Waals surface area contributed by atoms with Crippen LogP contribution in [0.2, 0.25) is 0 Å². The van der Waals surface area contributed by atoms with Crippen LogP contribution >= 0.6 is 11.3 Å². The molecule has 112 valence electrons. The van der Waals surface area contributed by atoms with Crippen LogP contribution in [0.25, 0.3) is 6.08 Å². The number of hydrogen-bond donors (Lipinski definition) is 0. The molecule has 0 unspecified atom stereocenters. The van der Waals surface area contributed by atoms with Crippen molar-refractivity contribution in [3.8, 4) is 5.75 Å². The minimum atomic E-state index is -2.88. The number of halogens is 2. The predicted molar refractivity (Wildman–Crippen MR) is 78.0 cm³/mol. The Bertz CT molecular complexity index is 737. The fourth-order valence-corrected chi connectivity index (χ4v) is 2.44. The van der Waals surface area contributed by atoms with E-state index >= 15 is 0 Å². The molecule has 4 nitrogen and oxygen atoms in total. The molecule has 7 heteroatoms. The number of alkyl halides is 2.